The van der Waals surface area contributed by atoms with Crippen LogP contribution in [0.1, 0.15) is 6.42 Å². The lowest BCUT2D eigenvalue weighted by Gasteiger charge is -2.06. The van der Waals surface area contributed by atoms with Crippen LogP contribution in [0.15, 0.2) is 24.3 Å². The summed E-state index contributed by atoms with van der Waals surface area (Å²) >= 11 is 0. The number of rotatable bonds is 5. The van der Waals surface area contributed by atoms with Gasteiger partial charge in [-0.3, -0.25) is 0 Å². The SMILES string of the molecule is COc1ccc(NCC2CC2CO)cc1. The Labute approximate surface area is 90.1 Å². The highest BCUT2D eigenvalue weighted by atomic mass is 16.5. The molecule has 0 aromatic heterocycles. The van der Waals surface area contributed by atoms with Gasteiger partial charge in [-0.15, -0.1) is 0 Å². The second-order valence-electron chi connectivity index (χ2n) is 4.05. The first-order valence-electron chi connectivity index (χ1n) is 5.32. The maximum Gasteiger partial charge on any atom is 0.119 e. The van der Waals surface area contributed by atoms with Gasteiger partial charge >= 0.3 is 0 Å². The molecule has 1 fully saturated rings. The van der Waals surface area contributed by atoms with Crippen LogP contribution in [-0.2, 0) is 0 Å². The molecule has 1 saturated carbocycles. The summed E-state index contributed by atoms with van der Waals surface area (Å²) in [6.45, 7) is 1.28. The average molecular weight is 207 g/mol. The number of anilines is 1. The minimum Gasteiger partial charge on any atom is -0.497 e. The summed E-state index contributed by atoms with van der Waals surface area (Å²) in [6, 6.07) is 7.90. The van der Waals surface area contributed by atoms with Crippen LogP contribution in [0.25, 0.3) is 0 Å². The Morgan fingerprint density at radius 1 is 1.33 bits per heavy atom. The number of nitrogens with one attached hydrogen (secondary N) is 1. The molecule has 2 rings (SSSR count). The third-order valence-corrected chi connectivity index (χ3v) is 2.96. The summed E-state index contributed by atoms with van der Waals surface area (Å²) in [7, 11) is 1.67. The van der Waals surface area contributed by atoms with Gasteiger partial charge in [0.05, 0.1) is 7.11 Å². The van der Waals surface area contributed by atoms with Crippen LogP contribution in [0.4, 0.5) is 5.69 Å². The first-order chi connectivity index (χ1) is 7.33. The van der Waals surface area contributed by atoms with Gasteiger partial charge in [0, 0.05) is 18.8 Å². The van der Waals surface area contributed by atoms with Crippen LogP contribution in [-0.4, -0.2) is 25.4 Å². The van der Waals surface area contributed by atoms with Gasteiger partial charge in [-0.1, -0.05) is 0 Å². The number of ether oxygens (including phenoxy) is 1. The highest BCUT2D eigenvalue weighted by Crippen LogP contribution is 2.37. The standard InChI is InChI=1S/C12H17NO2/c1-15-12-4-2-11(3-5-12)13-7-9-6-10(9)8-14/h2-5,9-10,13-14H,6-8H2,1H3. The monoisotopic (exact) mass is 207 g/mol. The van der Waals surface area contributed by atoms with Crippen molar-refractivity contribution >= 4 is 5.69 Å². The van der Waals surface area contributed by atoms with E-state index in [2.05, 4.69) is 5.32 Å². The number of aliphatic hydroxyl groups excluding tert-OH is 1. The van der Waals surface area contributed by atoms with Crippen molar-refractivity contribution in [2.24, 2.45) is 11.8 Å². The Kier molecular flexibility index (Phi) is 3.11. The second kappa shape index (κ2) is 4.53. The van der Waals surface area contributed by atoms with Crippen LogP contribution >= 0.6 is 0 Å². The zero-order valence-corrected chi connectivity index (χ0v) is 8.94. The normalized spacial score (nSPS) is 23.6. The minimum absolute atomic E-state index is 0.328. The summed E-state index contributed by atoms with van der Waals surface area (Å²) in [5, 5.41) is 12.3. The van der Waals surface area contributed by atoms with Crippen LogP contribution in [0.5, 0.6) is 5.75 Å². The van der Waals surface area contributed by atoms with Gasteiger partial charge in [0.25, 0.3) is 0 Å². The lowest BCUT2D eigenvalue weighted by molar-refractivity contribution is 0.270. The third kappa shape index (κ3) is 2.63. The van der Waals surface area contributed by atoms with Crippen molar-refractivity contribution in [2.75, 3.05) is 25.6 Å². The van der Waals surface area contributed by atoms with E-state index in [1.54, 1.807) is 7.11 Å². The molecular weight excluding hydrogens is 190 g/mol. The van der Waals surface area contributed by atoms with Gasteiger partial charge < -0.3 is 15.2 Å². The molecule has 0 heterocycles. The molecule has 1 aliphatic carbocycles. The van der Waals surface area contributed by atoms with E-state index in [1.165, 1.54) is 0 Å². The van der Waals surface area contributed by atoms with E-state index in [9.17, 15) is 0 Å². The number of aliphatic hydroxyl groups is 1. The van der Waals surface area contributed by atoms with E-state index in [4.69, 9.17) is 9.84 Å². The highest BCUT2D eigenvalue weighted by Gasteiger charge is 2.35. The van der Waals surface area contributed by atoms with Crippen molar-refractivity contribution in [1.29, 1.82) is 0 Å². The Morgan fingerprint density at radius 3 is 2.60 bits per heavy atom. The van der Waals surface area contributed by atoms with Gasteiger partial charge in [0.1, 0.15) is 5.75 Å². The molecule has 0 amide bonds. The molecule has 0 radical (unpaired) electrons. The lowest BCUT2D eigenvalue weighted by Crippen LogP contribution is -2.05. The molecule has 1 aliphatic rings. The molecule has 2 unspecified atom stereocenters. The quantitative estimate of drug-likeness (QED) is 0.772. The van der Waals surface area contributed by atoms with Gasteiger partial charge in [-0.2, -0.15) is 0 Å². The van der Waals surface area contributed by atoms with Crippen LogP contribution in [0, 0.1) is 11.8 Å². The summed E-state index contributed by atoms with van der Waals surface area (Å²) < 4.78 is 5.08. The van der Waals surface area contributed by atoms with Crippen molar-refractivity contribution in [3.63, 3.8) is 0 Å². The molecule has 0 aliphatic heterocycles. The molecule has 0 bridgehead atoms. The Balaban J connectivity index is 1.79. The van der Waals surface area contributed by atoms with Crippen LogP contribution in [0.3, 0.4) is 0 Å². The fourth-order valence-electron chi connectivity index (χ4n) is 1.74. The predicted octanol–water partition coefficient (Wildman–Crippen LogP) is 1.74. The van der Waals surface area contributed by atoms with E-state index >= 15 is 0 Å². The van der Waals surface area contributed by atoms with Crippen LogP contribution < -0.4 is 10.1 Å². The van der Waals surface area contributed by atoms with Crippen molar-refractivity contribution in [3.05, 3.63) is 24.3 Å². The molecule has 1 aromatic rings. The second-order valence-corrected chi connectivity index (χ2v) is 4.05. The third-order valence-electron chi connectivity index (χ3n) is 2.96. The first kappa shape index (κ1) is 10.3. The molecule has 3 heteroatoms. The topological polar surface area (TPSA) is 41.5 Å². The number of hydrogen-bond acceptors (Lipinski definition) is 3. The largest absolute Gasteiger partial charge is 0.497 e. The van der Waals surface area contributed by atoms with Crippen molar-refractivity contribution in [3.8, 4) is 5.75 Å². The summed E-state index contributed by atoms with van der Waals surface area (Å²) in [4.78, 5) is 0. The minimum atomic E-state index is 0.328. The van der Waals surface area contributed by atoms with Crippen LogP contribution in [0.2, 0.25) is 0 Å². The predicted molar refractivity (Wildman–Crippen MR) is 60.2 cm³/mol. The van der Waals surface area contributed by atoms with Crippen molar-refractivity contribution < 1.29 is 9.84 Å². The number of hydrogen-bond donors (Lipinski definition) is 2. The Bertz CT molecular complexity index is 310. The highest BCUT2D eigenvalue weighted by molar-refractivity contribution is 5.46. The van der Waals surface area contributed by atoms with E-state index in [0.29, 0.717) is 18.4 Å². The molecule has 3 nitrogen and oxygen atoms in total. The Hall–Kier alpha value is -1.22. The maximum absolute atomic E-state index is 8.90. The number of benzene rings is 1. The maximum atomic E-state index is 8.90. The lowest BCUT2D eigenvalue weighted by atomic mass is 10.2. The first-order valence-corrected chi connectivity index (χ1v) is 5.32. The van der Waals surface area contributed by atoms with Gasteiger partial charge in [-0.25, -0.2) is 0 Å². The van der Waals surface area contributed by atoms with Crippen molar-refractivity contribution in [2.45, 2.75) is 6.42 Å². The molecule has 0 saturated heterocycles. The molecule has 82 valence electrons. The molecule has 1 aromatic carbocycles. The molecule has 0 spiro atoms. The molecule has 2 N–H and O–H groups in total. The zero-order valence-electron chi connectivity index (χ0n) is 8.94. The Morgan fingerprint density at radius 2 is 2.07 bits per heavy atom. The van der Waals surface area contributed by atoms with Gasteiger partial charge in [0.15, 0.2) is 0 Å². The molecule has 2 atom stereocenters. The van der Waals surface area contributed by atoms with Crippen molar-refractivity contribution in [1.82, 2.24) is 0 Å². The zero-order chi connectivity index (χ0) is 10.7. The molecule has 15 heavy (non-hydrogen) atoms. The summed E-state index contributed by atoms with van der Waals surface area (Å²) in [6.07, 6.45) is 1.15. The van der Waals surface area contributed by atoms with E-state index in [-0.39, 0.29) is 0 Å². The summed E-state index contributed by atoms with van der Waals surface area (Å²) in [5.74, 6) is 2.05. The van der Waals surface area contributed by atoms with Gasteiger partial charge in [0.2, 0.25) is 0 Å². The molecular formula is C12H17NO2. The van der Waals surface area contributed by atoms with Gasteiger partial charge in [-0.05, 0) is 42.5 Å². The smallest absolute Gasteiger partial charge is 0.119 e. The van der Waals surface area contributed by atoms with E-state index < -0.39 is 0 Å². The summed E-state index contributed by atoms with van der Waals surface area (Å²) in [5.41, 5.74) is 1.11. The van der Waals surface area contributed by atoms with E-state index in [1.807, 2.05) is 24.3 Å². The van der Waals surface area contributed by atoms with E-state index in [0.717, 1.165) is 24.4 Å². The average Bonchev–Trinajstić information content (AvgIpc) is 3.06. The fourth-order valence-corrected chi connectivity index (χ4v) is 1.74. The number of methoxy groups -OCH3 is 1. The fraction of sp³-hybridized carbons (Fsp3) is 0.500.